The van der Waals surface area contributed by atoms with Crippen LogP contribution in [-0.2, 0) is 0 Å². The minimum absolute atomic E-state index is 0.467. The first-order valence-corrected chi connectivity index (χ1v) is 6.60. The van der Waals surface area contributed by atoms with E-state index in [2.05, 4.69) is 24.0 Å². The standard InChI is InChI=1S/C17H21NO/c1-13-8-4-6-10-15(13)17(19)12-18(3)16-11-7-5-9-14(16)2/h4-11,17,19H,12H2,1-3H3. The van der Waals surface area contributed by atoms with E-state index >= 15 is 0 Å². The molecule has 0 aliphatic carbocycles. The Bertz CT molecular complexity index is 501. The Morgan fingerprint density at radius 2 is 1.53 bits per heavy atom. The Hall–Kier alpha value is -1.80. The van der Waals surface area contributed by atoms with Crippen LogP contribution in [0.25, 0.3) is 0 Å². The van der Waals surface area contributed by atoms with E-state index in [0.29, 0.717) is 6.54 Å². The summed E-state index contributed by atoms with van der Waals surface area (Å²) < 4.78 is 0. The van der Waals surface area contributed by atoms with Crippen molar-refractivity contribution in [2.45, 2.75) is 20.0 Å². The van der Waals surface area contributed by atoms with Crippen LogP contribution < -0.4 is 4.90 Å². The largest absolute Gasteiger partial charge is 0.387 e. The minimum Gasteiger partial charge on any atom is -0.387 e. The molecule has 2 aromatic carbocycles. The van der Waals surface area contributed by atoms with Gasteiger partial charge in [-0.05, 0) is 36.6 Å². The molecule has 0 radical (unpaired) electrons. The third kappa shape index (κ3) is 3.15. The number of hydrogen-bond acceptors (Lipinski definition) is 2. The normalized spacial score (nSPS) is 12.2. The molecule has 1 N–H and O–H groups in total. The van der Waals surface area contributed by atoms with E-state index < -0.39 is 6.10 Å². The van der Waals surface area contributed by atoms with E-state index in [4.69, 9.17) is 0 Å². The minimum atomic E-state index is -0.467. The van der Waals surface area contributed by atoms with Crippen molar-refractivity contribution in [2.75, 3.05) is 18.5 Å². The van der Waals surface area contributed by atoms with E-state index in [9.17, 15) is 5.11 Å². The highest BCUT2D eigenvalue weighted by Crippen LogP contribution is 2.23. The van der Waals surface area contributed by atoms with Crippen molar-refractivity contribution < 1.29 is 5.11 Å². The molecule has 0 saturated carbocycles. The second kappa shape index (κ2) is 5.89. The van der Waals surface area contributed by atoms with Gasteiger partial charge in [0.15, 0.2) is 0 Å². The third-order valence-corrected chi connectivity index (χ3v) is 3.52. The maximum Gasteiger partial charge on any atom is 0.0967 e. The van der Waals surface area contributed by atoms with Crippen LogP contribution in [0.1, 0.15) is 22.8 Å². The number of aliphatic hydroxyl groups is 1. The lowest BCUT2D eigenvalue weighted by Crippen LogP contribution is -2.25. The van der Waals surface area contributed by atoms with Crippen LogP contribution in [0.15, 0.2) is 48.5 Å². The zero-order valence-electron chi connectivity index (χ0n) is 11.8. The summed E-state index contributed by atoms with van der Waals surface area (Å²) in [5.74, 6) is 0. The van der Waals surface area contributed by atoms with Crippen LogP contribution >= 0.6 is 0 Å². The molecule has 0 aliphatic heterocycles. The van der Waals surface area contributed by atoms with Crippen molar-refractivity contribution >= 4 is 5.69 Å². The van der Waals surface area contributed by atoms with Gasteiger partial charge in [0.05, 0.1) is 6.10 Å². The van der Waals surface area contributed by atoms with Gasteiger partial charge in [-0.1, -0.05) is 42.5 Å². The maximum atomic E-state index is 10.4. The highest BCUT2D eigenvalue weighted by atomic mass is 16.3. The summed E-state index contributed by atoms with van der Waals surface area (Å²) in [5.41, 5.74) is 4.52. The van der Waals surface area contributed by atoms with Crippen molar-refractivity contribution in [1.29, 1.82) is 0 Å². The molecular formula is C17H21NO. The lowest BCUT2D eigenvalue weighted by Gasteiger charge is -2.25. The van der Waals surface area contributed by atoms with Gasteiger partial charge in [-0.3, -0.25) is 0 Å². The Labute approximate surface area is 115 Å². The number of aryl methyl sites for hydroxylation is 2. The summed E-state index contributed by atoms with van der Waals surface area (Å²) >= 11 is 0. The van der Waals surface area contributed by atoms with E-state index in [1.165, 1.54) is 5.56 Å². The van der Waals surface area contributed by atoms with Gasteiger partial charge < -0.3 is 10.0 Å². The topological polar surface area (TPSA) is 23.5 Å². The van der Waals surface area contributed by atoms with Crippen LogP contribution in [0.5, 0.6) is 0 Å². The Morgan fingerprint density at radius 3 is 2.16 bits per heavy atom. The Kier molecular flexibility index (Phi) is 4.23. The van der Waals surface area contributed by atoms with Crippen molar-refractivity contribution in [3.05, 3.63) is 65.2 Å². The van der Waals surface area contributed by atoms with E-state index in [-0.39, 0.29) is 0 Å². The number of aliphatic hydroxyl groups excluding tert-OH is 1. The van der Waals surface area contributed by atoms with Gasteiger partial charge in [0, 0.05) is 19.3 Å². The summed E-state index contributed by atoms with van der Waals surface area (Å²) in [6.07, 6.45) is -0.467. The molecule has 0 bridgehead atoms. The average Bonchev–Trinajstić information content (AvgIpc) is 2.39. The van der Waals surface area contributed by atoms with Crippen LogP contribution in [0.3, 0.4) is 0 Å². The molecule has 1 unspecified atom stereocenters. The molecule has 1 atom stereocenters. The molecule has 0 aromatic heterocycles. The molecule has 0 spiro atoms. The number of para-hydroxylation sites is 1. The first-order valence-electron chi connectivity index (χ1n) is 6.60. The maximum absolute atomic E-state index is 10.4. The average molecular weight is 255 g/mol. The van der Waals surface area contributed by atoms with E-state index in [0.717, 1.165) is 16.8 Å². The summed E-state index contributed by atoms with van der Waals surface area (Å²) in [6, 6.07) is 16.2. The van der Waals surface area contributed by atoms with Crippen LogP contribution in [0.2, 0.25) is 0 Å². The first-order chi connectivity index (χ1) is 9.09. The summed E-state index contributed by atoms with van der Waals surface area (Å²) in [6.45, 7) is 4.72. The monoisotopic (exact) mass is 255 g/mol. The Balaban J connectivity index is 2.13. The fourth-order valence-corrected chi connectivity index (χ4v) is 2.41. The van der Waals surface area contributed by atoms with Crippen molar-refractivity contribution in [3.8, 4) is 0 Å². The molecule has 2 nitrogen and oxygen atoms in total. The SMILES string of the molecule is Cc1ccccc1C(O)CN(C)c1ccccc1C. The number of anilines is 1. The molecule has 0 aliphatic rings. The second-order valence-corrected chi connectivity index (χ2v) is 5.04. The molecule has 2 aromatic rings. The van der Waals surface area contributed by atoms with Gasteiger partial charge in [0.25, 0.3) is 0 Å². The summed E-state index contributed by atoms with van der Waals surface area (Å²) in [4.78, 5) is 2.10. The zero-order valence-corrected chi connectivity index (χ0v) is 11.8. The number of hydrogen-bond donors (Lipinski definition) is 1. The summed E-state index contributed by atoms with van der Waals surface area (Å²) in [7, 11) is 2.02. The lowest BCUT2D eigenvalue weighted by atomic mass is 10.0. The van der Waals surface area contributed by atoms with Gasteiger partial charge in [-0.15, -0.1) is 0 Å². The Morgan fingerprint density at radius 1 is 0.947 bits per heavy atom. The van der Waals surface area contributed by atoms with Crippen molar-refractivity contribution in [2.24, 2.45) is 0 Å². The first kappa shape index (κ1) is 13.6. The fourth-order valence-electron chi connectivity index (χ4n) is 2.41. The smallest absolute Gasteiger partial charge is 0.0967 e. The highest BCUT2D eigenvalue weighted by molar-refractivity contribution is 5.52. The van der Waals surface area contributed by atoms with Gasteiger partial charge in [0.1, 0.15) is 0 Å². The number of rotatable bonds is 4. The predicted octanol–water partition coefficient (Wildman–Crippen LogP) is 3.47. The van der Waals surface area contributed by atoms with Crippen LogP contribution in [0, 0.1) is 13.8 Å². The van der Waals surface area contributed by atoms with Gasteiger partial charge in [-0.25, -0.2) is 0 Å². The van der Waals surface area contributed by atoms with Gasteiger partial charge >= 0.3 is 0 Å². The molecule has 100 valence electrons. The van der Waals surface area contributed by atoms with Crippen LogP contribution in [-0.4, -0.2) is 18.7 Å². The molecule has 0 saturated heterocycles. The number of likely N-dealkylation sites (N-methyl/N-ethyl adjacent to an activating group) is 1. The fraction of sp³-hybridized carbons (Fsp3) is 0.294. The van der Waals surface area contributed by atoms with E-state index in [1.807, 2.05) is 50.4 Å². The van der Waals surface area contributed by atoms with E-state index in [1.54, 1.807) is 0 Å². The lowest BCUT2D eigenvalue weighted by molar-refractivity contribution is 0.184. The quantitative estimate of drug-likeness (QED) is 0.904. The summed E-state index contributed by atoms with van der Waals surface area (Å²) in [5, 5.41) is 10.4. The molecule has 0 fully saturated rings. The van der Waals surface area contributed by atoms with Crippen molar-refractivity contribution in [3.63, 3.8) is 0 Å². The molecule has 2 rings (SSSR count). The zero-order chi connectivity index (χ0) is 13.8. The predicted molar refractivity (Wildman–Crippen MR) is 80.6 cm³/mol. The number of nitrogens with zero attached hydrogens (tertiary/aromatic N) is 1. The molecule has 0 amide bonds. The number of benzene rings is 2. The molecule has 0 heterocycles. The van der Waals surface area contributed by atoms with Crippen LogP contribution in [0.4, 0.5) is 5.69 Å². The molecule has 19 heavy (non-hydrogen) atoms. The van der Waals surface area contributed by atoms with Gasteiger partial charge in [0.2, 0.25) is 0 Å². The highest BCUT2D eigenvalue weighted by Gasteiger charge is 2.13. The second-order valence-electron chi connectivity index (χ2n) is 5.04. The third-order valence-electron chi connectivity index (χ3n) is 3.52. The molecular weight excluding hydrogens is 234 g/mol. The van der Waals surface area contributed by atoms with Crippen molar-refractivity contribution in [1.82, 2.24) is 0 Å². The van der Waals surface area contributed by atoms with Gasteiger partial charge in [-0.2, -0.15) is 0 Å². The molecule has 2 heteroatoms.